The van der Waals surface area contributed by atoms with Crippen molar-refractivity contribution in [2.24, 2.45) is 0 Å². The van der Waals surface area contributed by atoms with E-state index in [-0.39, 0.29) is 28.9 Å². The van der Waals surface area contributed by atoms with E-state index in [1.807, 2.05) is 24.3 Å². The number of anilines is 1. The molecule has 0 unspecified atom stereocenters. The highest BCUT2D eigenvalue weighted by Crippen LogP contribution is 2.22. The predicted octanol–water partition coefficient (Wildman–Crippen LogP) is 6.01. The Hall–Kier alpha value is -3.30. The fourth-order valence-electron chi connectivity index (χ4n) is 3.05. The van der Waals surface area contributed by atoms with Gasteiger partial charge in [-0.25, -0.2) is 19.0 Å². The van der Waals surface area contributed by atoms with E-state index in [2.05, 4.69) is 22.2 Å². The van der Waals surface area contributed by atoms with E-state index >= 15 is 0 Å². The van der Waals surface area contributed by atoms with Crippen LogP contribution in [0, 0.1) is 5.82 Å². The molecule has 2 N–H and O–H groups in total. The molecule has 1 atom stereocenters. The van der Waals surface area contributed by atoms with Gasteiger partial charge in [0.1, 0.15) is 17.6 Å². The topological polar surface area (TPSA) is 83.6 Å². The highest BCUT2D eigenvalue weighted by Gasteiger charge is 2.20. The first-order valence-corrected chi connectivity index (χ1v) is 11.8. The Morgan fingerprint density at radius 1 is 1.26 bits per heavy atom. The van der Waals surface area contributed by atoms with Gasteiger partial charge in [-0.3, -0.25) is 5.32 Å². The van der Waals surface area contributed by atoms with Crippen LogP contribution in [-0.2, 0) is 11.3 Å². The van der Waals surface area contributed by atoms with Gasteiger partial charge in [-0.2, -0.15) is 0 Å². The van der Waals surface area contributed by atoms with Crippen molar-refractivity contribution >= 4 is 52.1 Å². The molecule has 1 heterocycles. The van der Waals surface area contributed by atoms with Crippen molar-refractivity contribution in [1.29, 1.82) is 0 Å². The van der Waals surface area contributed by atoms with Crippen molar-refractivity contribution in [3.05, 3.63) is 83.8 Å². The monoisotopic (exact) mass is 502 g/mol. The van der Waals surface area contributed by atoms with Crippen molar-refractivity contribution < 1.29 is 18.7 Å². The zero-order chi connectivity index (χ0) is 24.5. The molecular formula is C24H24ClFN4O3S. The first-order valence-electron chi connectivity index (χ1n) is 10.3. The number of carbonyl (C=O) groups excluding carboxylic acids is 2. The Bertz CT molecular complexity index is 1180. The number of nitrogens with zero attached hydrogens (tertiary/aromatic N) is 2. The van der Waals surface area contributed by atoms with E-state index in [9.17, 15) is 14.0 Å². The van der Waals surface area contributed by atoms with Crippen molar-refractivity contribution in [3.8, 4) is 0 Å². The summed E-state index contributed by atoms with van der Waals surface area (Å²) >= 11 is 7.19. The lowest BCUT2D eigenvalue weighted by atomic mass is 10.2. The standard InChI is InChI=1S/C24H24ClFN4O3S/c1-3-7-21(30(2)23(31)28-14-18-10-6-11-19(26)22(18)25)34-15-33-24(32)29-20-12-16-8-4-5-9-17(16)13-27-20/h3-6,8-13,21H,1,7,14-15H2,2H3,(H,28,31)(H,27,29,32)/t21-/m1/s1. The van der Waals surface area contributed by atoms with E-state index in [0.717, 1.165) is 10.8 Å². The molecule has 3 aromatic rings. The van der Waals surface area contributed by atoms with Gasteiger partial charge in [0.05, 0.1) is 10.4 Å². The van der Waals surface area contributed by atoms with Crippen LogP contribution in [0.4, 0.5) is 19.8 Å². The number of amides is 3. The lowest BCUT2D eigenvalue weighted by Crippen LogP contribution is -2.42. The normalized spacial score (nSPS) is 11.5. The van der Waals surface area contributed by atoms with E-state index in [0.29, 0.717) is 17.8 Å². The molecule has 10 heteroatoms. The number of carbonyl (C=O) groups is 2. The molecule has 0 bridgehead atoms. The highest BCUT2D eigenvalue weighted by molar-refractivity contribution is 7.99. The van der Waals surface area contributed by atoms with E-state index in [1.165, 1.54) is 28.8 Å². The van der Waals surface area contributed by atoms with Gasteiger partial charge >= 0.3 is 12.1 Å². The fourth-order valence-corrected chi connectivity index (χ4v) is 4.17. The first-order chi connectivity index (χ1) is 16.4. The van der Waals surface area contributed by atoms with Gasteiger partial charge in [-0.15, -0.1) is 6.58 Å². The average Bonchev–Trinajstić information content (AvgIpc) is 2.83. The number of hydrogen-bond acceptors (Lipinski definition) is 5. The van der Waals surface area contributed by atoms with Crippen LogP contribution < -0.4 is 10.6 Å². The molecule has 0 radical (unpaired) electrons. The van der Waals surface area contributed by atoms with Crippen LogP contribution in [0.2, 0.25) is 5.02 Å². The van der Waals surface area contributed by atoms with Gasteiger partial charge in [0, 0.05) is 25.2 Å². The molecule has 0 fully saturated rings. The summed E-state index contributed by atoms with van der Waals surface area (Å²) in [5.41, 5.74) is 0.471. The Kier molecular flexibility index (Phi) is 9.12. The van der Waals surface area contributed by atoms with Crippen LogP contribution in [-0.4, -0.2) is 40.4 Å². The van der Waals surface area contributed by atoms with E-state index in [1.54, 1.807) is 31.5 Å². The number of nitrogens with one attached hydrogen (secondary N) is 2. The lowest BCUT2D eigenvalue weighted by Gasteiger charge is -2.27. The summed E-state index contributed by atoms with van der Waals surface area (Å²) in [5, 5.41) is 6.85. The minimum atomic E-state index is -0.652. The molecular weight excluding hydrogens is 479 g/mol. The van der Waals surface area contributed by atoms with Crippen LogP contribution in [0.3, 0.4) is 0 Å². The maximum atomic E-state index is 13.6. The SMILES string of the molecule is C=CC[C@@H](SCOC(=O)Nc1cc2ccccc2cn1)N(C)C(=O)NCc1cccc(F)c1Cl. The molecule has 3 rings (SSSR count). The summed E-state index contributed by atoms with van der Waals surface area (Å²) in [5.74, 6) is -0.161. The molecule has 0 aliphatic carbocycles. The third kappa shape index (κ3) is 6.85. The Labute approximate surface area is 206 Å². The van der Waals surface area contributed by atoms with Crippen LogP contribution in [0.5, 0.6) is 0 Å². The number of benzene rings is 2. The zero-order valence-electron chi connectivity index (χ0n) is 18.5. The molecule has 0 aliphatic rings. The maximum Gasteiger partial charge on any atom is 0.413 e. The minimum Gasteiger partial charge on any atom is -0.438 e. The molecule has 0 spiro atoms. The second kappa shape index (κ2) is 12.2. The smallest absolute Gasteiger partial charge is 0.413 e. The van der Waals surface area contributed by atoms with Gasteiger partial charge in [0.25, 0.3) is 0 Å². The predicted molar refractivity (Wildman–Crippen MR) is 134 cm³/mol. The number of urea groups is 1. The molecule has 34 heavy (non-hydrogen) atoms. The van der Waals surface area contributed by atoms with Gasteiger partial charge in [0.15, 0.2) is 0 Å². The Morgan fingerprint density at radius 2 is 2.03 bits per heavy atom. The average molecular weight is 503 g/mol. The van der Waals surface area contributed by atoms with Gasteiger partial charge < -0.3 is 15.0 Å². The number of aromatic nitrogens is 1. The van der Waals surface area contributed by atoms with Crippen LogP contribution in [0.15, 0.2) is 67.4 Å². The quantitative estimate of drug-likeness (QED) is 0.276. The summed E-state index contributed by atoms with van der Waals surface area (Å²) in [6.07, 6.45) is 3.15. The first kappa shape index (κ1) is 25.3. The number of pyridine rings is 1. The summed E-state index contributed by atoms with van der Waals surface area (Å²) in [4.78, 5) is 30.4. The summed E-state index contributed by atoms with van der Waals surface area (Å²) in [6, 6.07) is 13.5. The van der Waals surface area contributed by atoms with Gasteiger partial charge in [-0.05, 0) is 29.5 Å². The fraction of sp³-hybridized carbons (Fsp3) is 0.208. The number of thioether (sulfide) groups is 1. The third-order valence-corrected chi connectivity index (χ3v) is 6.46. The zero-order valence-corrected chi connectivity index (χ0v) is 20.0. The number of hydrogen-bond donors (Lipinski definition) is 2. The highest BCUT2D eigenvalue weighted by atomic mass is 35.5. The number of rotatable bonds is 9. The lowest BCUT2D eigenvalue weighted by molar-refractivity contribution is 0.181. The minimum absolute atomic E-state index is 0.00522. The van der Waals surface area contributed by atoms with Crippen LogP contribution in [0.25, 0.3) is 10.8 Å². The van der Waals surface area contributed by atoms with E-state index in [4.69, 9.17) is 16.3 Å². The van der Waals surface area contributed by atoms with Crippen molar-refractivity contribution in [2.75, 3.05) is 18.3 Å². The molecule has 178 valence electrons. The summed E-state index contributed by atoms with van der Waals surface area (Å²) in [6.45, 7) is 3.79. The molecule has 3 amide bonds. The van der Waals surface area contributed by atoms with Crippen LogP contribution in [0.1, 0.15) is 12.0 Å². The maximum absolute atomic E-state index is 13.6. The number of fused-ring (bicyclic) bond motifs is 1. The summed E-state index contributed by atoms with van der Waals surface area (Å²) in [7, 11) is 1.61. The number of halogens is 2. The summed E-state index contributed by atoms with van der Waals surface area (Å²) < 4.78 is 18.8. The largest absolute Gasteiger partial charge is 0.438 e. The molecule has 0 aliphatic heterocycles. The van der Waals surface area contributed by atoms with Crippen molar-refractivity contribution in [1.82, 2.24) is 15.2 Å². The second-order valence-corrected chi connectivity index (χ2v) is 8.71. The second-order valence-electron chi connectivity index (χ2n) is 7.22. The third-order valence-electron chi connectivity index (χ3n) is 4.89. The van der Waals surface area contributed by atoms with Crippen LogP contribution >= 0.6 is 23.4 Å². The molecule has 2 aromatic carbocycles. The van der Waals surface area contributed by atoms with Crippen molar-refractivity contribution in [2.45, 2.75) is 18.3 Å². The van der Waals surface area contributed by atoms with Gasteiger partial charge in [-0.1, -0.05) is 65.8 Å². The Morgan fingerprint density at radius 3 is 2.79 bits per heavy atom. The van der Waals surface area contributed by atoms with Crippen molar-refractivity contribution in [3.63, 3.8) is 0 Å². The molecule has 0 saturated carbocycles. The van der Waals surface area contributed by atoms with E-state index < -0.39 is 11.9 Å². The number of ether oxygens (including phenoxy) is 1. The Balaban J connectivity index is 1.49. The molecule has 1 aromatic heterocycles. The van der Waals surface area contributed by atoms with Gasteiger partial charge in [0.2, 0.25) is 0 Å². The molecule has 0 saturated heterocycles. The molecule has 7 nitrogen and oxygen atoms in total.